The van der Waals surface area contributed by atoms with Crippen LogP contribution in [-0.2, 0) is 24.0 Å². The smallest absolute Gasteiger partial charge is 0.412 e. The number of benzene rings is 3. The lowest BCUT2D eigenvalue weighted by Crippen LogP contribution is -2.45. The molecule has 0 aliphatic carbocycles. The van der Waals surface area contributed by atoms with Gasteiger partial charge in [-0.15, -0.1) is 0 Å². The van der Waals surface area contributed by atoms with Crippen LogP contribution in [0.3, 0.4) is 0 Å². The maximum Gasteiger partial charge on any atom is 0.412 e. The number of hydrogen-bond donors (Lipinski definition) is 5. The number of nitrogens with one attached hydrogen (secondary N) is 5. The zero-order valence-electron chi connectivity index (χ0n) is 22.5. The number of hydrogen-bond acceptors (Lipinski definition) is 7. The standard InChI is InChI=1S/C30H28N8O4/c31-16-13-21-1-7-24(8-2-21)36-28(39)34-19-27(42-30(41)38-26-11-5-23(6-12-26)15-18-33)20-35-29(40)37-25-9-3-22(4-10-25)14-17-32/h1-12,27H,13-15,19-20H2,(H,38,41)(H2,34,36,39)(H2,35,37,40). The molecule has 3 aromatic rings. The van der Waals surface area contributed by atoms with Crippen molar-refractivity contribution in [1.82, 2.24) is 10.6 Å². The fraction of sp³-hybridized carbons (Fsp3) is 0.200. The van der Waals surface area contributed by atoms with Gasteiger partial charge in [0.05, 0.1) is 50.6 Å². The van der Waals surface area contributed by atoms with Crippen molar-refractivity contribution in [3.8, 4) is 18.2 Å². The molecule has 0 heterocycles. The molecule has 0 radical (unpaired) electrons. The largest absolute Gasteiger partial charge is 0.442 e. The molecule has 42 heavy (non-hydrogen) atoms. The van der Waals surface area contributed by atoms with Gasteiger partial charge < -0.3 is 26.0 Å². The molecule has 5 amide bonds. The van der Waals surface area contributed by atoms with Crippen molar-refractivity contribution >= 4 is 35.2 Å². The van der Waals surface area contributed by atoms with Crippen LogP contribution < -0.4 is 26.6 Å². The zero-order chi connectivity index (χ0) is 30.2. The van der Waals surface area contributed by atoms with Crippen LogP contribution >= 0.6 is 0 Å². The van der Waals surface area contributed by atoms with Gasteiger partial charge in [-0.3, -0.25) is 5.32 Å². The van der Waals surface area contributed by atoms with Crippen molar-refractivity contribution in [1.29, 1.82) is 15.8 Å². The van der Waals surface area contributed by atoms with Gasteiger partial charge in [-0.2, -0.15) is 15.8 Å². The first-order valence-electron chi connectivity index (χ1n) is 12.8. The van der Waals surface area contributed by atoms with E-state index in [0.29, 0.717) is 17.1 Å². The molecule has 0 bridgehead atoms. The molecule has 0 saturated heterocycles. The fourth-order valence-corrected chi connectivity index (χ4v) is 3.61. The summed E-state index contributed by atoms with van der Waals surface area (Å²) in [6.07, 6.45) is -1.01. The van der Waals surface area contributed by atoms with E-state index in [0.717, 1.165) is 16.7 Å². The third-order valence-corrected chi connectivity index (χ3v) is 5.73. The van der Waals surface area contributed by atoms with Gasteiger partial charge in [0.2, 0.25) is 0 Å². The van der Waals surface area contributed by atoms with Crippen LogP contribution in [0, 0.1) is 34.0 Å². The minimum atomic E-state index is -0.949. The van der Waals surface area contributed by atoms with Crippen LogP contribution in [0.25, 0.3) is 0 Å². The molecule has 12 nitrogen and oxygen atoms in total. The van der Waals surface area contributed by atoms with Crippen LogP contribution in [0.4, 0.5) is 31.4 Å². The van der Waals surface area contributed by atoms with E-state index in [1.165, 1.54) is 0 Å². The first-order chi connectivity index (χ1) is 20.4. The van der Waals surface area contributed by atoms with Crippen LogP contribution in [0.2, 0.25) is 0 Å². The van der Waals surface area contributed by atoms with Gasteiger partial charge >= 0.3 is 18.2 Å². The first-order valence-corrected chi connectivity index (χ1v) is 12.8. The highest BCUT2D eigenvalue weighted by Gasteiger charge is 2.18. The Balaban J connectivity index is 1.57. The second-order valence-corrected chi connectivity index (χ2v) is 8.92. The third-order valence-electron chi connectivity index (χ3n) is 5.73. The predicted octanol–water partition coefficient (Wildman–Crippen LogP) is 4.45. The number of nitriles is 3. The number of amides is 5. The summed E-state index contributed by atoms with van der Waals surface area (Å²) in [6, 6.07) is 25.2. The monoisotopic (exact) mass is 564 g/mol. The van der Waals surface area contributed by atoms with Gasteiger partial charge in [-0.1, -0.05) is 36.4 Å². The van der Waals surface area contributed by atoms with Crippen LogP contribution in [0.15, 0.2) is 72.8 Å². The Morgan fingerprint density at radius 2 is 0.905 bits per heavy atom. The molecular formula is C30H28N8O4. The van der Waals surface area contributed by atoms with E-state index in [1.54, 1.807) is 72.8 Å². The number of ether oxygens (including phenoxy) is 1. The molecule has 3 aromatic carbocycles. The highest BCUT2D eigenvalue weighted by molar-refractivity contribution is 5.90. The lowest BCUT2D eigenvalue weighted by molar-refractivity contribution is 0.111. The van der Waals surface area contributed by atoms with E-state index in [-0.39, 0.29) is 32.4 Å². The molecule has 3 rings (SSSR count). The van der Waals surface area contributed by atoms with Crippen LogP contribution in [-0.4, -0.2) is 37.3 Å². The number of carbonyl (C=O) groups is 3. The van der Waals surface area contributed by atoms with Gasteiger partial charge in [-0.05, 0) is 53.1 Å². The van der Waals surface area contributed by atoms with Gasteiger partial charge in [0, 0.05) is 17.1 Å². The van der Waals surface area contributed by atoms with Gasteiger partial charge in [0.1, 0.15) is 6.10 Å². The molecule has 0 aliphatic heterocycles. The molecule has 12 heteroatoms. The normalized spacial score (nSPS) is 9.86. The highest BCUT2D eigenvalue weighted by atomic mass is 16.6. The maximum atomic E-state index is 12.6. The molecule has 212 valence electrons. The number of rotatable bonds is 11. The first kappa shape index (κ1) is 30.5. The van der Waals surface area contributed by atoms with E-state index in [2.05, 4.69) is 38.7 Å². The van der Waals surface area contributed by atoms with E-state index in [9.17, 15) is 14.4 Å². The Morgan fingerprint density at radius 1 is 0.571 bits per heavy atom. The molecule has 0 fully saturated rings. The molecular weight excluding hydrogens is 536 g/mol. The minimum Gasteiger partial charge on any atom is -0.442 e. The molecule has 0 spiro atoms. The lowest BCUT2D eigenvalue weighted by atomic mass is 10.1. The summed E-state index contributed by atoms with van der Waals surface area (Å²) in [4.78, 5) is 37.5. The number of urea groups is 2. The van der Waals surface area contributed by atoms with Crippen molar-refractivity contribution in [2.75, 3.05) is 29.0 Å². The maximum absolute atomic E-state index is 12.6. The molecule has 0 saturated carbocycles. The van der Waals surface area contributed by atoms with E-state index < -0.39 is 24.3 Å². The molecule has 5 N–H and O–H groups in total. The Morgan fingerprint density at radius 3 is 1.24 bits per heavy atom. The van der Waals surface area contributed by atoms with Crippen LogP contribution in [0.5, 0.6) is 0 Å². The highest BCUT2D eigenvalue weighted by Crippen LogP contribution is 2.12. The Hall–Kier alpha value is -6.06. The quantitative estimate of drug-likeness (QED) is 0.227. The number of anilines is 3. The topological polar surface area (TPSA) is 192 Å². The van der Waals surface area contributed by atoms with Crippen molar-refractivity contribution in [2.24, 2.45) is 0 Å². The summed E-state index contributed by atoms with van der Waals surface area (Å²) in [7, 11) is 0. The van der Waals surface area contributed by atoms with E-state index >= 15 is 0 Å². The Bertz CT molecular complexity index is 1410. The van der Waals surface area contributed by atoms with Crippen LogP contribution in [0.1, 0.15) is 16.7 Å². The summed E-state index contributed by atoms with van der Waals surface area (Å²) in [5, 5.41) is 39.5. The summed E-state index contributed by atoms with van der Waals surface area (Å²) in [6.45, 7) is -0.258. The van der Waals surface area contributed by atoms with Gasteiger partial charge in [0.15, 0.2) is 0 Å². The average molecular weight is 565 g/mol. The SMILES string of the molecule is N#CCc1ccc(NC(=O)NCC(CNC(=O)Nc2ccc(CC#N)cc2)OC(=O)Nc2ccc(CC#N)cc2)cc1. The summed E-state index contributed by atoms with van der Waals surface area (Å²) in [5.74, 6) is 0. The van der Waals surface area contributed by atoms with Crippen molar-refractivity contribution in [3.05, 3.63) is 89.5 Å². The lowest BCUT2D eigenvalue weighted by Gasteiger charge is -2.20. The fourth-order valence-electron chi connectivity index (χ4n) is 3.61. The van der Waals surface area contributed by atoms with Crippen molar-refractivity contribution in [3.63, 3.8) is 0 Å². The van der Waals surface area contributed by atoms with E-state index in [4.69, 9.17) is 20.5 Å². The molecule has 0 aliphatic rings. The summed E-state index contributed by atoms with van der Waals surface area (Å²) in [5.41, 5.74) is 3.86. The second-order valence-electron chi connectivity index (χ2n) is 8.92. The average Bonchev–Trinajstić information content (AvgIpc) is 2.98. The zero-order valence-corrected chi connectivity index (χ0v) is 22.5. The van der Waals surface area contributed by atoms with Gasteiger partial charge in [0.25, 0.3) is 0 Å². The van der Waals surface area contributed by atoms with Crippen molar-refractivity contribution < 1.29 is 19.1 Å². The molecule has 0 aromatic heterocycles. The second kappa shape index (κ2) is 16.1. The summed E-state index contributed by atoms with van der Waals surface area (Å²) >= 11 is 0. The number of carbonyl (C=O) groups excluding carboxylic acids is 3. The Kier molecular flexibility index (Phi) is 11.7. The minimum absolute atomic E-state index is 0.129. The Labute approximate surface area is 242 Å². The third kappa shape index (κ3) is 10.6. The van der Waals surface area contributed by atoms with E-state index in [1.807, 2.05) is 6.07 Å². The van der Waals surface area contributed by atoms with Gasteiger partial charge in [-0.25, -0.2) is 14.4 Å². The molecule has 0 atom stereocenters. The summed E-state index contributed by atoms with van der Waals surface area (Å²) < 4.78 is 5.47. The predicted molar refractivity (Wildman–Crippen MR) is 155 cm³/mol. The number of nitrogens with zero attached hydrogens (tertiary/aromatic N) is 3. The molecule has 0 unspecified atom stereocenters. The van der Waals surface area contributed by atoms with Crippen molar-refractivity contribution in [2.45, 2.75) is 25.4 Å².